The summed E-state index contributed by atoms with van der Waals surface area (Å²) < 4.78 is 4.59. The lowest BCUT2D eigenvalue weighted by Gasteiger charge is -2.08. The van der Waals surface area contributed by atoms with Gasteiger partial charge in [0, 0.05) is 6.54 Å². The third-order valence-corrected chi connectivity index (χ3v) is 2.86. The monoisotopic (exact) mass is 293 g/mol. The van der Waals surface area contributed by atoms with Crippen LogP contribution in [0.5, 0.6) is 5.75 Å². The smallest absolute Gasteiger partial charge is 0.410 e. The van der Waals surface area contributed by atoms with Gasteiger partial charge >= 0.3 is 6.09 Å². The molecule has 0 saturated carbocycles. The number of aromatic hydroxyl groups is 1. The Kier molecular flexibility index (Phi) is 6.04. The molecule has 0 atom stereocenters. The van der Waals surface area contributed by atoms with Crippen LogP contribution in [0.1, 0.15) is 0 Å². The fraction of sp³-hybridized carbons (Fsp3) is 0.364. The maximum atomic E-state index is 10.6. The highest BCUT2D eigenvalue weighted by molar-refractivity contribution is 6.42. The Bertz CT molecular complexity index is 414. The minimum absolute atomic E-state index is 0.00903. The fourth-order valence-corrected chi connectivity index (χ4v) is 1.53. The van der Waals surface area contributed by atoms with Crippen LogP contribution in [0.3, 0.4) is 0 Å². The summed E-state index contributed by atoms with van der Waals surface area (Å²) in [7, 11) is 0. The van der Waals surface area contributed by atoms with Crippen LogP contribution in [-0.4, -0.2) is 47.5 Å². The number of rotatable bonds is 2. The van der Waals surface area contributed by atoms with E-state index in [1.807, 2.05) is 0 Å². The van der Waals surface area contributed by atoms with Crippen LogP contribution in [0, 0.1) is 0 Å². The van der Waals surface area contributed by atoms with E-state index in [-0.39, 0.29) is 18.4 Å². The minimum Gasteiger partial charge on any atom is -0.508 e. The van der Waals surface area contributed by atoms with E-state index in [4.69, 9.17) is 33.4 Å². The summed E-state index contributed by atoms with van der Waals surface area (Å²) in [6.45, 7) is 1.46. The predicted octanol–water partition coefficient (Wildman–Crippen LogP) is 2.13. The number of phenols is 1. The fourth-order valence-electron chi connectivity index (χ4n) is 1.23. The van der Waals surface area contributed by atoms with Crippen molar-refractivity contribution in [2.45, 2.75) is 0 Å². The zero-order valence-corrected chi connectivity index (χ0v) is 11.0. The number of phenolic OH excluding ortho intramolecular Hbond substituents is 1. The molecule has 1 aromatic carbocycles. The quantitative estimate of drug-likeness (QED) is 0.876. The lowest BCUT2D eigenvalue weighted by molar-refractivity contribution is 0.151. The third kappa shape index (κ3) is 4.60. The highest BCUT2D eigenvalue weighted by atomic mass is 35.5. The summed E-state index contributed by atoms with van der Waals surface area (Å²) >= 11 is 11.1. The summed E-state index contributed by atoms with van der Waals surface area (Å²) in [4.78, 5) is 12.0. The first kappa shape index (κ1) is 14.9. The van der Waals surface area contributed by atoms with Crippen LogP contribution in [0.15, 0.2) is 18.2 Å². The third-order valence-electron chi connectivity index (χ3n) is 2.12. The van der Waals surface area contributed by atoms with Crippen molar-refractivity contribution in [1.29, 1.82) is 0 Å². The van der Waals surface area contributed by atoms with Crippen molar-refractivity contribution in [2.24, 2.45) is 0 Å². The standard InChI is InChI=1S/C6H4Cl2O.C5H9NO3/c7-5-2-1-4(9)3-6(5)8;7-3-1-6-2-4-9-5(6)8/h1-3,9H;7H,1-4H2. The molecule has 2 rings (SSSR count). The Hall–Kier alpha value is -1.17. The van der Waals surface area contributed by atoms with Crippen molar-refractivity contribution in [3.63, 3.8) is 0 Å². The molecule has 0 spiro atoms. The number of aliphatic hydroxyl groups excluding tert-OH is 1. The Morgan fingerprint density at radius 3 is 2.50 bits per heavy atom. The lowest BCUT2D eigenvalue weighted by Crippen LogP contribution is -2.27. The van der Waals surface area contributed by atoms with Gasteiger partial charge in [0.05, 0.1) is 23.2 Å². The molecule has 18 heavy (non-hydrogen) atoms. The van der Waals surface area contributed by atoms with E-state index in [1.165, 1.54) is 17.0 Å². The largest absolute Gasteiger partial charge is 0.508 e. The van der Waals surface area contributed by atoms with E-state index >= 15 is 0 Å². The molecular weight excluding hydrogens is 281 g/mol. The summed E-state index contributed by atoms with van der Waals surface area (Å²) in [5.74, 6) is 0.129. The average molecular weight is 294 g/mol. The second kappa shape index (κ2) is 7.31. The van der Waals surface area contributed by atoms with Crippen LogP contribution < -0.4 is 0 Å². The van der Waals surface area contributed by atoms with Gasteiger partial charge in [-0.1, -0.05) is 23.2 Å². The van der Waals surface area contributed by atoms with Gasteiger partial charge in [-0.25, -0.2) is 4.79 Å². The molecule has 5 nitrogen and oxygen atoms in total. The molecule has 1 aromatic rings. The van der Waals surface area contributed by atoms with Gasteiger partial charge in [0.2, 0.25) is 0 Å². The van der Waals surface area contributed by atoms with Gasteiger partial charge in [-0.05, 0) is 18.2 Å². The number of nitrogens with zero attached hydrogens (tertiary/aromatic N) is 1. The van der Waals surface area contributed by atoms with Crippen molar-refractivity contribution in [2.75, 3.05) is 26.3 Å². The number of halogens is 2. The van der Waals surface area contributed by atoms with Crippen molar-refractivity contribution >= 4 is 29.3 Å². The van der Waals surface area contributed by atoms with Crippen molar-refractivity contribution < 1.29 is 19.7 Å². The maximum absolute atomic E-state index is 10.6. The zero-order chi connectivity index (χ0) is 13.5. The van der Waals surface area contributed by atoms with Crippen molar-refractivity contribution in [3.05, 3.63) is 28.2 Å². The summed E-state index contributed by atoms with van der Waals surface area (Å²) in [5.41, 5.74) is 0. The molecule has 0 bridgehead atoms. The first-order chi connectivity index (χ1) is 8.54. The van der Waals surface area contributed by atoms with Crippen LogP contribution in [0.2, 0.25) is 10.0 Å². The molecule has 7 heteroatoms. The van der Waals surface area contributed by atoms with Crippen molar-refractivity contribution in [3.8, 4) is 5.75 Å². The topological polar surface area (TPSA) is 70.0 Å². The van der Waals surface area contributed by atoms with E-state index in [1.54, 1.807) is 6.07 Å². The van der Waals surface area contributed by atoms with E-state index < -0.39 is 0 Å². The number of hydrogen-bond donors (Lipinski definition) is 2. The molecule has 1 fully saturated rings. The molecule has 0 unspecified atom stereocenters. The predicted molar refractivity (Wildman–Crippen MR) is 68.1 cm³/mol. The molecule has 1 heterocycles. The van der Waals surface area contributed by atoms with Gasteiger partial charge in [-0.15, -0.1) is 0 Å². The van der Waals surface area contributed by atoms with Gasteiger partial charge in [0.1, 0.15) is 12.4 Å². The molecule has 1 amide bonds. The Morgan fingerprint density at radius 2 is 2.06 bits per heavy atom. The van der Waals surface area contributed by atoms with Gasteiger partial charge in [-0.3, -0.25) is 0 Å². The highest BCUT2D eigenvalue weighted by Gasteiger charge is 2.20. The SMILES string of the molecule is O=C1OCCN1CCO.Oc1ccc(Cl)c(Cl)c1. The minimum atomic E-state index is -0.316. The summed E-state index contributed by atoms with van der Waals surface area (Å²) in [6, 6.07) is 4.41. The van der Waals surface area contributed by atoms with Crippen LogP contribution >= 0.6 is 23.2 Å². The average Bonchev–Trinajstić information content (AvgIpc) is 2.72. The molecule has 1 aliphatic rings. The van der Waals surface area contributed by atoms with Gasteiger partial charge in [-0.2, -0.15) is 0 Å². The number of benzene rings is 1. The van der Waals surface area contributed by atoms with Crippen LogP contribution in [-0.2, 0) is 4.74 Å². The molecule has 0 aromatic heterocycles. The molecule has 100 valence electrons. The molecule has 1 saturated heterocycles. The second-order valence-corrected chi connectivity index (χ2v) is 4.24. The lowest BCUT2D eigenvalue weighted by atomic mass is 10.3. The Morgan fingerprint density at radius 1 is 1.33 bits per heavy atom. The van der Waals surface area contributed by atoms with Crippen LogP contribution in [0.4, 0.5) is 4.79 Å². The number of hydrogen-bond acceptors (Lipinski definition) is 4. The summed E-state index contributed by atoms with van der Waals surface area (Å²) in [5, 5.41) is 18.0. The van der Waals surface area contributed by atoms with Gasteiger partial charge in [0.15, 0.2) is 0 Å². The molecule has 1 aliphatic heterocycles. The molecule has 0 radical (unpaired) electrons. The highest BCUT2D eigenvalue weighted by Crippen LogP contribution is 2.24. The number of aliphatic hydroxyl groups is 1. The molecule has 2 N–H and O–H groups in total. The summed E-state index contributed by atoms with van der Waals surface area (Å²) in [6.07, 6.45) is -0.316. The zero-order valence-electron chi connectivity index (χ0n) is 9.47. The number of amides is 1. The first-order valence-corrected chi connectivity index (χ1v) is 5.96. The van der Waals surface area contributed by atoms with E-state index in [0.29, 0.717) is 29.7 Å². The van der Waals surface area contributed by atoms with E-state index in [2.05, 4.69) is 4.74 Å². The number of β-amino-alcohol motifs (C(OH)–C–C–N with tert-alkyl or cyclic N) is 1. The number of cyclic esters (lactones) is 1. The van der Waals surface area contributed by atoms with E-state index in [0.717, 1.165) is 0 Å². The Labute approximate surface area is 114 Å². The normalized spacial score (nSPS) is 13.9. The van der Waals surface area contributed by atoms with Crippen LogP contribution in [0.25, 0.3) is 0 Å². The number of ether oxygens (including phenoxy) is 1. The number of carbonyl (C=O) groups excluding carboxylic acids is 1. The van der Waals surface area contributed by atoms with Gasteiger partial charge in [0.25, 0.3) is 0 Å². The molecular formula is C11H13Cl2NO4. The van der Waals surface area contributed by atoms with E-state index in [9.17, 15) is 4.79 Å². The van der Waals surface area contributed by atoms with Gasteiger partial charge < -0.3 is 19.8 Å². The second-order valence-electron chi connectivity index (χ2n) is 3.42. The molecule has 0 aliphatic carbocycles. The number of carbonyl (C=O) groups is 1. The maximum Gasteiger partial charge on any atom is 0.410 e. The first-order valence-electron chi connectivity index (χ1n) is 5.21. The van der Waals surface area contributed by atoms with Crippen molar-refractivity contribution in [1.82, 2.24) is 4.90 Å². The Balaban J connectivity index is 0.000000180.